The molecular weight excluding hydrogens is 310 g/mol. The van der Waals surface area contributed by atoms with E-state index < -0.39 is 38.5 Å². The van der Waals surface area contributed by atoms with Gasteiger partial charge < -0.3 is 0 Å². The minimum atomic E-state index is -4.24. The van der Waals surface area contributed by atoms with Crippen molar-refractivity contribution in [2.24, 2.45) is 16.7 Å². The summed E-state index contributed by atoms with van der Waals surface area (Å²) in [6.45, 7) is 3.80. The van der Waals surface area contributed by atoms with Crippen LogP contribution >= 0.6 is 0 Å². The molecular formula is C14H17NO6S. The van der Waals surface area contributed by atoms with Crippen LogP contribution in [0, 0.1) is 16.7 Å². The molecule has 0 saturated heterocycles. The quantitative estimate of drug-likeness (QED) is 0.700. The first kappa shape index (κ1) is 15.4. The van der Waals surface area contributed by atoms with E-state index in [-0.39, 0.29) is 16.8 Å². The second-order valence-corrected chi connectivity index (χ2v) is 8.30. The summed E-state index contributed by atoms with van der Waals surface area (Å²) in [5, 5.41) is 0.213. The molecule has 0 radical (unpaired) electrons. The topological polar surface area (TPSA) is 97.8 Å². The Bertz CT molecular complexity index is 689. The zero-order valence-electron chi connectivity index (χ0n) is 12.4. The maximum Gasteiger partial charge on any atom is 0.289 e. The van der Waals surface area contributed by atoms with Crippen LogP contribution in [0.2, 0.25) is 0 Å². The van der Waals surface area contributed by atoms with Crippen LogP contribution in [0.4, 0.5) is 0 Å². The molecule has 2 bridgehead atoms. The summed E-state index contributed by atoms with van der Waals surface area (Å²) in [6, 6.07) is 0. The van der Waals surface area contributed by atoms with Crippen molar-refractivity contribution in [2.75, 3.05) is 5.75 Å². The molecule has 0 aromatic rings. The smallest absolute Gasteiger partial charge is 0.289 e. The predicted molar refractivity (Wildman–Crippen MR) is 74.4 cm³/mol. The number of nitrogens with zero attached hydrogens (tertiary/aromatic N) is 1. The minimum absolute atomic E-state index is 0.0712. The molecule has 0 aromatic heterocycles. The van der Waals surface area contributed by atoms with Crippen LogP contribution < -0.4 is 0 Å². The summed E-state index contributed by atoms with van der Waals surface area (Å²) in [7, 11) is -4.24. The standard InChI is InChI=1S/C14H17NO6S/c1-13(2)9-5-6-14(13,10(16)7-9)8-22(19,20)21-15-11(17)3-4-12(15)18/h3-4,9H,5-8H2,1-2H3. The van der Waals surface area contributed by atoms with E-state index >= 15 is 0 Å². The van der Waals surface area contributed by atoms with Crippen molar-refractivity contribution < 1.29 is 27.1 Å². The fraction of sp³-hybridized carbons (Fsp3) is 0.643. The highest BCUT2D eigenvalue weighted by Crippen LogP contribution is 2.64. The Hall–Kier alpha value is -1.54. The van der Waals surface area contributed by atoms with Crippen LogP contribution in [0.1, 0.15) is 33.1 Å². The van der Waals surface area contributed by atoms with E-state index in [0.29, 0.717) is 12.8 Å². The number of fused-ring (bicyclic) bond motifs is 2. The molecule has 2 saturated carbocycles. The predicted octanol–water partition coefficient (Wildman–Crippen LogP) is 0.568. The highest BCUT2D eigenvalue weighted by atomic mass is 32.2. The Balaban J connectivity index is 1.84. The van der Waals surface area contributed by atoms with E-state index in [1.165, 1.54) is 0 Å². The number of hydrogen-bond acceptors (Lipinski definition) is 6. The van der Waals surface area contributed by atoms with Crippen molar-refractivity contribution in [3.8, 4) is 0 Å². The fourth-order valence-electron chi connectivity index (χ4n) is 4.01. The summed E-state index contributed by atoms with van der Waals surface area (Å²) in [6.07, 6.45) is 3.55. The normalized spacial score (nSPS) is 33.3. The van der Waals surface area contributed by atoms with E-state index in [4.69, 9.17) is 0 Å². The number of imide groups is 1. The number of carbonyl (C=O) groups excluding carboxylic acids is 3. The van der Waals surface area contributed by atoms with E-state index in [1.807, 2.05) is 13.8 Å². The van der Waals surface area contributed by atoms with Gasteiger partial charge in [-0.15, -0.1) is 9.35 Å². The summed E-state index contributed by atoms with van der Waals surface area (Å²) < 4.78 is 29.3. The SMILES string of the molecule is CC1(C)C2CCC1(CS(=O)(=O)ON1C(=O)C=CC1=O)C(=O)C2. The lowest BCUT2D eigenvalue weighted by Crippen LogP contribution is -2.44. The highest BCUT2D eigenvalue weighted by Gasteiger charge is 2.65. The van der Waals surface area contributed by atoms with E-state index in [9.17, 15) is 22.8 Å². The molecule has 2 unspecified atom stereocenters. The highest BCUT2D eigenvalue weighted by molar-refractivity contribution is 7.86. The van der Waals surface area contributed by atoms with Crippen LogP contribution in [0.3, 0.4) is 0 Å². The Morgan fingerprint density at radius 3 is 2.27 bits per heavy atom. The zero-order valence-corrected chi connectivity index (χ0v) is 13.2. The van der Waals surface area contributed by atoms with Gasteiger partial charge in [0.2, 0.25) is 0 Å². The van der Waals surface area contributed by atoms with Gasteiger partial charge in [-0.25, -0.2) is 0 Å². The Kier molecular flexibility index (Phi) is 3.13. The molecule has 3 rings (SSSR count). The largest absolute Gasteiger partial charge is 0.299 e. The fourth-order valence-corrected chi connectivity index (χ4v) is 5.72. The molecule has 3 aliphatic rings. The van der Waals surface area contributed by atoms with E-state index in [1.54, 1.807) is 0 Å². The number of ketones is 1. The van der Waals surface area contributed by atoms with Gasteiger partial charge in [0.05, 0.1) is 11.2 Å². The third-order valence-electron chi connectivity index (χ3n) is 5.52. The lowest BCUT2D eigenvalue weighted by Gasteiger charge is -2.35. The van der Waals surface area contributed by atoms with Crippen molar-refractivity contribution >= 4 is 27.7 Å². The average molecular weight is 327 g/mol. The van der Waals surface area contributed by atoms with Crippen LogP contribution in [-0.4, -0.2) is 36.8 Å². The lowest BCUT2D eigenvalue weighted by atomic mass is 9.70. The second kappa shape index (κ2) is 4.48. The van der Waals surface area contributed by atoms with Crippen molar-refractivity contribution in [1.82, 2.24) is 5.06 Å². The third-order valence-corrected chi connectivity index (χ3v) is 6.74. The third kappa shape index (κ3) is 1.97. The Morgan fingerprint density at radius 1 is 1.23 bits per heavy atom. The van der Waals surface area contributed by atoms with Gasteiger partial charge in [-0.1, -0.05) is 13.8 Å². The van der Waals surface area contributed by atoms with Crippen LogP contribution in [0.25, 0.3) is 0 Å². The maximum absolute atomic E-state index is 12.3. The number of Topliss-reactive ketones (excluding diaryl/α,β-unsaturated/α-hetero) is 1. The first-order valence-corrected chi connectivity index (χ1v) is 8.68. The van der Waals surface area contributed by atoms with Crippen LogP contribution in [-0.2, 0) is 28.8 Å². The number of rotatable bonds is 4. The first-order chi connectivity index (χ1) is 10.1. The average Bonchev–Trinajstić information content (AvgIpc) is 2.89. The van der Waals surface area contributed by atoms with Crippen molar-refractivity contribution in [2.45, 2.75) is 33.1 Å². The van der Waals surface area contributed by atoms with Crippen LogP contribution in [0.15, 0.2) is 12.2 Å². The van der Waals surface area contributed by atoms with Gasteiger partial charge in [-0.05, 0) is 24.2 Å². The molecule has 120 valence electrons. The van der Waals surface area contributed by atoms with Crippen LogP contribution in [0.5, 0.6) is 0 Å². The van der Waals surface area contributed by atoms with Gasteiger partial charge in [-0.2, -0.15) is 8.42 Å². The zero-order chi connectivity index (χ0) is 16.3. The second-order valence-electron chi connectivity index (χ2n) is 6.75. The molecule has 2 fully saturated rings. The molecule has 7 nitrogen and oxygen atoms in total. The van der Waals surface area contributed by atoms with Gasteiger partial charge >= 0.3 is 0 Å². The summed E-state index contributed by atoms with van der Waals surface area (Å²) in [5.41, 5.74) is -1.42. The monoisotopic (exact) mass is 327 g/mol. The Morgan fingerprint density at radius 2 is 1.82 bits per heavy atom. The summed E-state index contributed by atoms with van der Waals surface area (Å²) in [5.74, 6) is -2.08. The molecule has 0 aromatic carbocycles. The molecule has 22 heavy (non-hydrogen) atoms. The summed E-state index contributed by atoms with van der Waals surface area (Å²) >= 11 is 0. The van der Waals surface area contributed by atoms with Gasteiger partial charge in [0.1, 0.15) is 5.78 Å². The van der Waals surface area contributed by atoms with Gasteiger partial charge in [0, 0.05) is 18.6 Å². The van der Waals surface area contributed by atoms with Gasteiger partial charge in [0.15, 0.2) is 0 Å². The van der Waals surface area contributed by atoms with Crippen molar-refractivity contribution in [3.63, 3.8) is 0 Å². The number of hydroxylamine groups is 2. The number of amides is 2. The minimum Gasteiger partial charge on any atom is -0.299 e. The van der Waals surface area contributed by atoms with Gasteiger partial charge in [-0.3, -0.25) is 14.4 Å². The maximum atomic E-state index is 12.3. The number of carbonyl (C=O) groups is 3. The molecule has 2 atom stereocenters. The molecule has 8 heteroatoms. The summed E-state index contributed by atoms with van der Waals surface area (Å²) in [4.78, 5) is 35.2. The molecule has 2 aliphatic carbocycles. The van der Waals surface area contributed by atoms with Crippen molar-refractivity contribution in [3.05, 3.63) is 12.2 Å². The Labute approximate surface area is 128 Å². The van der Waals surface area contributed by atoms with E-state index in [2.05, 4.69) is 4.28 Å². The lowest BCUT2D eigenvalue weighted by molar-refractivity contribution is -0.161. The molecule has 2 amide bonds. The van der Waals surface area contributed by atoms with Gasteiger partial charge in [0.25, 0.3) is 21.9 Å². The molecule has 1 heterocycles. The first-order valence-electron chi connectivity index (χ1n) is 7.11. The van der Waals surface area contributed by atoms with E-state index in [0.717, 1.165) is 18.6 Å². The number of hydrogen-bond donors (Lipinski definition) is 0. The van der Waals surface area contributed by atoms with Crippen molar-refractivity contribution in [1.29, 1.82) is 0 Å². The molecule has 1 aliphatic heterocycles. The molecule has 0 N–H and O–H groups in total. The molecule has 0 spiro atoms.